The zero-order valence-corrected chi connectivity index (χ0v) is 18.2. The largest absolute Gasteiger partial charge is 0.331 e. The van der Waals surface area contributed by atoms with Gasteiger partial charge >= 0.3 is 5.69 Å². The van der Waals surface area contributed by atoms with Gasteiger partial charge in [0.15, 0.2) is 0 Å². The maximum atomic E-state index is 12.9. The van der Waals surface area contributed by atoms with Gasteiger partial charge in [-0.15, -0.1) is 0 Å². The van der Waals surface area contributed by atoms with Gasteiger partial charge in [-0.1, -0.05) is 13.8 Å². The molecule has 9 nitrogen and oxygen atoms in total. The Labute approximate surface area is 175 Å². The van der Waals surface area contributed by atoms with Crippen molar-refractivity contribution >= 4 is 21.6 Å². The molecule has 1 aromatic carbocycles. The van der Waals surface area contributed by atoms with Gasteiger partial charge in [0.2, 0.25) is 15.9 Å². The molecule has 1 amide bonds. The minimum atomic E-state index is -3.58. The molecule has 1 aliphatic rings. The molecule has 0 spiro atoms. The van der Waals surface area contributed by atoms with Crippen LogP contribution in [0.1, 0.15) is 25.8 Å². The third-order valence-corrected chi connectivity index (χ3v) is 7.43. The Kier molecular flexibility index (Phi) is 6.27. The van der Waals surface area contributed by atoms with Crippen LogP contribution in [0.2, 0.25) is 0 Å². The summed E-state index contributed by atoms with van der Waals surface area (Å²) < 4.78 is 29.2. The second-order valence-electron chi connectivity index (χ2n) is 7.15. The van der Waals surface area contributed by atoms with Gasteiger partial charge in [-0.3, -0.25) is 18.7 Å². The highest BCUT2D eigenvalue weighted by atomic mass is 32.2. The van der Waals surface area contributed by atoms with Gasteiger partial charge in [-0.25, -0.2) is 13.2 Å². The van der Waals surface area contributed by atoms with Crippen LogP contribution in [0.3, 0.4) is 0 Å². The fourth-order valence-electron chi connectivity index (χ4n) is 3.67. The molecule has 0 atom stereocenters. The van der Waals surface area contributed by atoms with E-state index in [9.17, 15) is 22.8 Å². The molecule has 0 N–H and O–H groups in total. The number of aromatic nitrogens is 2. The summed E-state index contributed by atoms with van der Waals surface area (Å²) in [5, 5.41) is 0. The molecular weight excluding hydrogens is 408 g/mol. The Balaban J connectivity index is 1.91. The summed E-state index contributed by atoms with van der Waals surface area (Å²) in [6.07, 6.45) is 2.67. The molecule has 0 aliphatic carbocycles. The molecular formula is C20H26N4O5S. The van der Waals surface area contributed by atoms with Gasteiger partial charge < -0.3 is 4.90 Å². The quantitative estimate of drug-likeness (QED) is 0.661. The predicted molar refractivity (Wildman–Crippen MR) is 113 cm³/mol. The van der Waals surface area contributed by atoms with E-state index >= 15 is 0 Å². The Hall–Kier alpha value is -2.72. The van der Waals surface area contributed by atoms with Crippen molar-refractivity contribution in [2.24, 2.45) is 7.05 Å². The lowest BCUT2D eigenvalue weighted by atomic mass is 10.0. The monoisotopic (exact) mass is 434 g/mol. The molecule has 3 rings (SSSR count). The maximum Gasteiger partial charge on any atom is 0.331 e. The number of carbonyl (C=O) groups is 1. The van der Waals surface area contributed by atoms with Crippen LogP contribution < -0.4 is 16.1 Å². The van der Waals surface area contributed by atoms with E-state index in [2.05, 4.69) is 0 Å². The van der Waals surface area contributed by atoms with E-state index in [0.717, 1.165) is 10.1 Å². The van der Waals surface area contributed by atoms with Crippen LogP contribution in [0, 0.1) is 0 Å². The van der Waals surface area contributed by atoms with E-state index in [1.807, 2.05) is 0 Å². The lowest BCUT2D eigenvalue weighted by Crippen LogP contribution is -2.43. The van der Waals surface area contributed by atoms with Crippen molar-refractivity contribution in [1.29, 1.82) is 0 Å². The number of hydrogen-bond acceptors (Lipinski definition) is 5. The predicted octanol–water partition coefficient (Wildman–Crippen LogP) is 0.557. The van der Waals surface area contributed by atoms with Crippen molar-refractivity contribution in [2.45, 2.75) is 38.1 Å². The van der Waals surface area contributed by atoms with Gasteiger partial charge in [0, 0.05) is 44.6 Å². The molecule has 2 heterocycles. The summed E-state index contributed by atoms with van der Waals surface area (Å²) in [5.41, 5.74) is 0.445. The SMILES string of the molecule is CCN(CC)S(=O)(=O)c1ccc2c(c1)CCCN2C(=O)Cn1ccc(=O)n(C)c1=O. The summed E-state index contributed by atoms with van der Waals surface area (Å²) in [5.74, 6) is -0.295. The van der Waals surface area contributed by atoms with Gasteiger partial charge in [-0.2, -0.15) is 4.31 Å². The lowest BCUT2D eigenvalue weighted by molar-refractivity contribution is -0.119. The van der Waals surface area contributed by atoms with Gasteiger partial charge in [0.25, 0.3) is 5.56 Å². The Morgan fingerprint density at radius 1 is 1.13 bits per heavy atom. The number of nitrogens with zero attached hydrogens (tertiary/aromatic N) is 4. The van der Waals surface area contributed by atoms with Crippen molar-refractivity contribution in [3.8, 4) is 0 Å². The van der Waals surface area contributed by atoms with Crippen LogP contribution in [0.25, 0.3) is 0 Å². The minimum Gasteiger partial charge on any atom is -0.311 e. The summed E-state index contributed by atoms with van der Waals surface area (Å²) in [6, 6.07) is 6.06. The number of rotatable bonds is 6. The molecule has 1 aliphatic heterocycles. The highest BCUT2D eigenvalue weighted by molar-refractivity contribution is 7.89. The van der Waals surface area contributed by atoms with Crippen molar-refractivity contribution in [2.75, 3.05) is 24.5 Å². The van der Waals surface area contributed by atoms with Gasteiger partial charge in [0.1, 0.15) is 6.54 Å². The van der Waals surface area contributed by atoms with Gasteiger partial charge in [-0.05, 0) is 36.6 Å². The first-order chi connectivity index (χ1) is 14.2. The Morgan fingerprint density at radius 2 is 1.83 bits per heavy atom. The fraction of sp³-hybridized carbons (Fsp3) is 0.450. The first-order valence-corrected chi connectivity index (χ1v) is 11.3. The molecule has 0 saturated heterocycles. The van der Waals surface area contributed by atoms with Crippen molar-refractivity contribution in [3.63, 3.8) is 0 Å². The van der Waals surface area contributed by atoms with Crippen LogP contribution in [0.4, 0.5) is 5.69 Å². The molecule has 0 radical (unpaired) electrons. The number of carbonyl (C=O) groups excluding carboxylic acids is 1. The number of fused-ring (bicyclic) bond motifs is 1. The summed E-state index contributed by atoms with van der Waals surface area (Å²) in [6.45, 7) is 4.63. The van der Waals surface area contributed by atoms with Crippen LogP contribution in [0.15, 0.2) is 44.9 Å². The number of benzene rings is 1. The molecule has 2 aromatic rings. The summed E-state index contributed by atoms with van der Waals surface area (Å²) in [7, 11) is -2.22. The number of amides is 1. The zero-order valence-electron chi connectivity index (χ0n) is 17.4. The van der Waals surface area contributed by atoms with Crippen LogP contribution >= 0.6 is 0 Å². The van der Waals surface area contributed by atoms with E-state index in [1.54, 1.807) is 30.9 Å². The average Bonchev–Trinajstić information content (AvgIpc) is 2.73. The topological polar surface area (TPSA) is 102 Å². The molecule has 0 unspecified atom stereocenters. The average molecular weight is 435 g/mol. The van der Waals surface area contributed by atoms with E-state index < -0.39 is 21.3 Å². The summed E-state index contributed by atoms with van der Waals surface area (Å²) >= 11 is 0. The fourth-order valence-corrected chi connectivity index (χ4v) is 5.18. The number of sulfonamides is 1. The first-order valence-electron chi connectivity index (χ1n) is 9.90. The number of hydrogen-bond donors (Lipinski definition) is 0. The second-order valence-corrected chi connectivity index (χ2v) is 9.09. The van der Waals surface area contributed by atoms with Crippen molar-refractivity contribution in [3.05, 3.63) is 56.9 Å². The molecule has 0 saturated carbocycles. The number of anilines is 1. The first kappa shape index (κ1) is 22.0. The van der Waals surface area contributed by atoms with Crippen LogP contribution in [-0.2, 0) is 34.8 Å². The van der Waals surface area contributed by atoms with Crippen molar-refractivity contribution < 1.29 is 13.2 Å². The van der Waals surface area contributed by atoms with Crippen molar-refractivity contribution in [1.82, 2.24) is 13.4 Å². The third-order valence-electron chi connectivity index (χ3n) is 5.38. The molecule has 1 aromatic heterocycles. The smallest absolute Gasteiger partial charge is 0.311 e. The second kappa shape index (κ2) is 8.57. The molecule has 30 heavy (non-hydrogen) atoms. The number of aryl methyl sites for hydroxylation is 1. The standard InChI is InChI=1S/C20H26N4O5S/c1-4-23(5-2)30(28,29)16-8-9-17-15(13-16)7-6-11-24(17)19(26)14-22-12-10-18(25)21(3)20(22)27/h8-10,12-13H,4-7,11,14H2,1-3H3. The third kappa shape index (κ3) is 3.97. The highest BCUT2D eigenvalue weighted by Gasteiger charge is 2.27. The van der Waals surface area contributed by atoms with E-state index in [4.69, 9.17) is 0 Å². The summed E-state index contributed by atoms with van der Waals surface area (Å²) in [4.78, 5) is 38.5. The van der Waals surface area contributed by atoms with Crippen LogP contribution in [-0.4, -0.2) is 47.4 Å². The van der Waals surface area contributed by atoms with Gasteiger partial charge in [0.05, 0.1) is 4.90 Å². The van der Waals surface area contributed by atoms with E-state index in [-0.39, 0.29) is 17.3 Å². The van der Waals surface area contributed by atoms with E-state index in [1.165, 1.54) is 34.2 Å². The Morgan fingerprint density at radius 3 is 2.50 bits per heavy atom. The molecule has 10 heteroatoms. The van der Waals surface area contributed by atoms with E-state index in [0.29, 0.717) is 38.2 Å². The lowest BCUT2D eigenvalue weighted by Gasteiger charge is -2.30. The highest BCUT2D eigenvalue weighted by Crippen LogP contribution is 2.30. The zero-order chi connectivity index (χ0) is 22.1. The van der Waals surface area contributed by atoms with Crippen LogP contribution in [0.5, 0.6) is 0 Å². The maximum absolute atomic E-state index is 12.9. The Bertz CT molecular complexity index is 1180. The minimum absolute atomic E-state index is 0.202. The normalized spacial score (nSPS) is 14.1. The molecule has 162 valence electrons. The molecule has 0 fully saturated rings. The molecule has 0 bridgehead atoms.